The molecular formula is C15H20ClNO4. The van der Waals surface area contributed by atoms with Crippen molar-refractivity contribution in [2.75, 3.05) is 11.9 Å². The highest BCUT2D eigenvalue weighted by atomic mass is 35.5. The Morgan fingerprint density at radius 3 is 2.52 bits per heavy atom. The van der Waals surface area contributed by atoms with Gasteiger partial charge in [0.15, 0.2) is 0 Å². The number of carboxylic acid groups (broad SMARTS) is 1. The summed E-state index contributed by atoms with van der Waals surface area (Å²) in [5.74, 6) is -2.20. The molecule has 2 N–H and O–H groups in total. The highest BCUT2D eigenvalue weighted by molar-refractivity contribution is 6.32. The summed E-state index contributed by atoms with van der Waals surface area (Å²) in [4.78, 5) is 22.9. The van der Waals surface area contributed by atoms with Crippen LogP contribution in [0.4, 0.5) is 5.69 Å². The minimum atomic E-state index is -1.00. The van der Waals surface area contributed by atoms with E-state index in [1.54, 1.807) is 25.1 Å². The van der Waals surface area contributed by atoms with E-state index in [4.69, 9.17) is 21.4 Å². The minimum absolute atomic E-state index is 0.358. The topological polar surface area (TPSA) is 75.6 Å². The fourth-order valence-corrected chi connectivity index (χ4v) is 1.84. The van der Waals surface area contributed by atoms with Crippen LogP contribution in [0.5, 0.6) is 5.75 Å². The summed E-state index contributed by atoms with van der Waals surface area (Å²) < 4.78 is 5.44. The van der Waals surface area contributed by atoms with E-state index >= 15 is 0 Å². The second kappa shape index (κ2) is 7.88. The van der Waals surface area contributed by atoms with Crippen LogP contribution in [-0.4, -0.2) is 23.6 Å². The smallest absolute Gasteiger partial charge is 0.307 e. The Labute approximate surface area is 129 Å². The van der Waals surface area contributed by atoms with Crippen LogP contribution < -0.4 is 10.1 Å². The predicted molar refractivity (Wildman–Crippen MR) is 81.8 cm³/mol. The summed E-state index contributed by atoms with van der Waals surface area (Å²) in [5, 5.41) is 12.0. The molecular weight excluding hydrogens is 294 g/mol. The van der Waals surface area contributed by atoms with Gasteiger partial charge in [0.25, 0.3) is 0 Å². The van der Waals surface area contributed by atoms with E-state index in [1.165, 1.54) is 6.92 Å². The number of rotatable bonds is 7. The third kappa shape index (κ3) is 4.93. The highest BCUT2D eigenvalue weighted by Gasteiger charge is 2.25. The predicted octanol–water partition coefficient (Wildman–Crippen LogP) is 3.42. The molecule has 0 saturated heterocycles. The zero-order valence-corrected chi connectivity index (χ0v) is 13.1. The Morgan fingerprint density at radius 2 is 2.00 bits per heavy atom. The monoisotopic (exact) mass is 313 g/mol. The first-order valence-corrected chi connectivity index (χ1v) is 7.20. The molecule has 0 aliphatic carbocycles. The Bertz CT molecular complexity index is 518. The van der Waals surface area contributed by atoms with Crippen molar-refractivity contribution in [2.45, 2.75) is 27.2 Å². The quantitative estimate of drug-likeness (QED) is 0.808. The second-order valence-electron chi connectivity index (χ2n) is 4.90. The number of aliphatic carboxylic acids is 1. The first kappa shape index (κ1) is 17.3. The summed E-state index contributed by atoms with van der Waals surface area (Å²) in [6.07, 6.45) is 0.874. The van der Waals surface area contributed by atoms with Gasteiger partial charge in [-0.05, 0) is 24.6 Å². The lowest BCUT2D eigenvalue weighted by Crippen LogP contribution is -2.29. The van der Waals surface area contributed by atoms with Crippen LogP contribution in [0.15, 0.2) is 18.2 Å². The number of carbonyl (C=O) groups excluding carboxylic acids is 1. The Balaban J connectivity index is 2.73. The Hall–Kier alpha value is -1.75. The molecule has 116 valence electrons. The van der Waals surface area contributed by atoms with Gasteiger partial charge in [0.1, 0.15) is 5.75 Å². The van der Waals surface area contributed by atoms with Gasteiger partial charge in [-0.15, -0.1) is 0 Å². The molecule has 0 bridgehead atoms. The van der Waals surface area contributed by atoms with Crippen LogP contribution in [-0.2, 0) is 9.59 Å². The maximum atomic E-state index is 12.0. The lowest BCUT2D eigenvalue weighted by molar-refractivity contribution is -0.145. The molecule has 21 heavy (non-hydrogen) atoms. The third-order valence-electron chi connectivity index (χ3n) is 3.21. The summed E-state index contributed by atoms with van der Waals surface area (Å²) >= 11 is 6.07. The standard InChI is InChI=1S/C15H20ClNO4/c1-4-7-21-13-6-5-11(8-12(13)16)17-14(18)9(2)10(3)15(19)20/h5-6,8-10H,4,7H2,1-3H3,(H,17,18)(H,19,20). The van der Waals surface area contributed by atoms with Gasteiger partial charge < -0.3 is 15.2 Å². The molecule has 1 aromatic carbocycles. The first-order valence-electron chi connectivity index (χ1n) is 6.82. The van der Waals surface area contributed by atoms with Crippen LogP contribution in [0.3, 0.4) is 0 Å². The van der Waals surface area contributed by atoms with E-state index in [9.17, 15) is 9.59 Å². The Kier molecular flexibility index (Phi) is 6.49. The first-order chi connectivity index (χ1) is 9.86. The van der Waals surface area contributed by atoms with Crippen LogP contribution in [0.2, 0.25) is 5.02 Å². The average Bonchev–Trinajstić information content (AvgIpc) is 2.44. The van der Waals surface area contributed by atoms with Gasteiger partial charge in [-0.3, -0.25) is 9.59 Å². The van der Waals surface area contributed by atoms with Crippen LogP contribution in [0.1, 0.15) is 27.2 Å². The van der Waals surface area contributed by atoms with Crippen molar-refractivity contribution in [1.29, 1.82) is 0 Å². The molecule has 5 nitrogen and oxygen atoms in total. The molecule has 0 heterocycles. The largest absolute Gasteiger partial charge is 0.492 e. The van der Waals surface area contributed by atoms with Crippen molar-refractivity contribution in [3.63, 3.8) is 0 Å². The van der Waals surface area contributed by atoms with Gasteiger partial charge in [0.2, 0.25) is 5.91 Å². The number of anilines is 1. The van der Waals surface area contributed by atoms with E-state index in [-0.39, 0.29) is 5.91 Å². The van der Waals surface area contributed by atoms with Gasteiger partial charge >= 0.3 is 5.97 Å². The molecule has 2 unspecified atom stereocenters. The van der Waals surface area contributed by atoms with Crippen LogP contribution >= 0.6 is 11.6 Å². The van der Waals surface area contributed by atoms with Crippen molar-refractivity contribution in [3.05, 3.63) is 23.2 Å². The van der Waals surface area contributed by atoms with Crippen LogP contribution in [0.25, 0.3) is 0 Å². The zero-order valence-electron chi connectivity index (χ0n) is 12.4. The van der Waals surface area contributed by atoms with E-state index in [1.807, 2.05) is 6.92 Å². The Morgan fingerprint density at radius 1 is 1.33 bits per heavy atom. The van der Waals surface area contributed by atoms with Gasteiger partial charge in [0.05, 0.1) is 17.5 Å². The number of nitrogens with one attached hydrogen (secondary N) is 1. The minimum Gasteiger partial charge on any atom is -0.492 e. The third-order valence-corrected chi connectivity index (χ3v) is 3.51. The number of amides is 1. The molecule has 0 aliphatic rings. The van der Waals surface area contributed by atoms with Crippen molar-refractivity contribution in [2.24, 2.45) is 11.8 Å². The second-order valence-corrected chi connectivity index (χ2v) is 5.31. The molecule has 0 spiro atoms. The maximum absolute atomic E-state index is 12.0. The average molecular weight is 314 g/mol. The van der Waals surface area contributed by atoms with Crippen molar-refractivity contribution >= 4 is 29.2 Å². The molecule has 6 heteroatoms. The molecule has 1 amide bonds. The van der Waals surface area contributed by atoms with Crippen molar-refractivity contribution < 1.29 is 19.4 Å². The fraction of sp³-hybridized carbons (Fsp3) is 0.467. The molecule has 0 saturated carbocycles. The van der Waals surface area contributed by atoms with E-state index < -0.39 is 17.8 Å². The summed E-state index contributed by atoms with van der Waals surface area (Å²) in [6.45, 7) is 5.64. The van der Waals surface area contributed by atoms with Crippen molar-refractivity contribution in [3.8, 4) is 5.75 Å². The van der Waals surface area contributed by atoms with Gasteiger partial charge in [0, 0.05) is 11.6 Å². The zero-order chi connectivity index (χ0) is 16.0. The fourth-order valence-electron chi connectivity index (χ4n) is 1.60. The van der Waals surface area contributed by atoms with E-state index in [2.05, 4.69) is 5.32 Å². The lowest BCUT2D eigenvalue weighted by Gasteiger charge is -2.16. The highest BCUT2D eigenvalue weighted by Crippen LogP contribution is 2.28. The van der Waals surface area contributed by atoms with E-state index in [0.29, 0.717) is 23.1 Å². The molecule has 1 rings (SSSR count). The normalized spacial score (nSPS) is 13.3. The van der Waals surface area contributed by atoms with Gasteiger partial charge in [-0.25, -0.2) is 0 Å². The molecule has 2 atom stereocenters. The number of carbonyl (C=O) groups is 2. The number of hydrogen-bond donors (Lipinski definition) is 2. The molecule has 0 aliphatic heterocycles. The summed E-state index contributed by atoms with van der Waals surface area (Å²) in [6, 6.07) is 4.94. The number of halogens is 1. The van der Waals surface area contributed by atoms with Gasteiger partial charge in [-0.2, -0.15) is 0 Å². The SMILES string of the molecule is CCCOc1ccc(NC(=O)C(C)C(C)C(=O)O)cc1Cl. The summed E-state index contributed by atoms with van der Waals surface area (Å²) in [7, 11) is 0. The number of ether oxygens (including phenoxy) is 1. The molecule has 0 aromatic heterocycles. The van der Waals surface area contributed by atoms with Crippen LogP contribution in [0, 0.1) is 11.8 Å². The molecule has 0 radical (unpaired) electrons. The maximum Gasteiger partial charge on any atom is 0.307 e. The summed E-state index contributed by atoms with van der Waals surface area (Å²) in [5.41, 5.74) is 0.512. The van der Waals surface area contributed by atoms with E-state index in [0.717, 1.165) is 6.42 Å². The number of carboxylic acids is 1. The van der Waals surface area contributed by atoms with Crippen molar-refractivity contribution in [1.82, 2.24) is 0 Å². The number of benzene rings is 1. The lowest BCUT2D eigenvalue weighted by atomic mass is 9.95. The number of hydrogen-bond acceptors (Lipinski definition) is 3. The molecule has 1 aromatic rings. The molecule has 0 fully saturated rings. The van der Waals surface area contributed by atoms with Gasteiger partial charge in [-0.1, -0.05) is 32.4 Å².